The van der Waals surface area contributed by atoms with Gasteiger partial charge in [0, 0.05) is 26.5 Å². The normalized spacial score (nSPS) is 14.8. The maximum atomic E-state index is 12.3. The van der Waals surface area contributed by atoms with Crippen LogP contribution < -0.4 is 5.32 Å². The highest BCUT2D eigenvalue weighted by molar-refractivity contribution is 9.10. The molecule has 26 heavy (non-hydrogen) atoms. The zero-order valence-corrected chi connectivity index (χ0v) is 16.9. The van der Waals surface area contributed by atoms with Gasteiger partial charge in [-0.1, -0.05) is 47.3 Å². The zero-order valence-electron chi connectivity index (χ0n) is 14.5. The van der Waals surface area contributed by atoms with Crippen LogP contribution in [0.15, 0.2) is 57.9 Å². The van der Waals surface area contributed by atoms with Gasteiger partial charge in [0.2, 0.25) is 5.91 Å². The van der Waals surface area contributed by atoms with E-state index in [-0.39, 0.29) is 17.6 Å². The fourth-order valence-corrected chi connectivity index (χ4v) is 4.17. The first-order chi connectivity index (χ1) is 12.6. The average Bonchev–Trinajstić information content (AvgIpc) is 2.68. The average molecular weight is 432 g/mol. The first kappa shape index (κ1) is 19.2. The van der Waals surface area contributed by atoms with Crippen LogP contribution in [0, 0.1) is 5.92 Å². The number of hydrogen-bond acceptors (Lipinski definition) is 3. The number of nitrogens with one attached hydrogen (secondary N) is 1. The molecule has 0 bridgehead atoms. The maximum Gasteiger partial charge on any atom is 0.227 e. The van der Waals surface area contributed by atoms with Gasteiger partial charge in [-0.3, -0.25) is 9.59 Å². The van der Waals surface area contributed by atoms with Gasteiger partial charge < -0.3 is 5.32 Å². The third kappa shape index (κ3) is 5.45. The summed E-state index contributed by atoms with van der Waals surface area (Å²) in [6, 6.07) is 15.1. The van der Waals surface area contributed by atoms with Crippen molar-refractivity contribution in [1.29, 1.82) is 0 Å². The summed E-state index contributed by atoms with van der Waals surface area (Å²) in [5.74, 6) is 0.795. The number of amides is 1. The number of halogens is 1. The summed E-state index contributed by atoms with van der Waals surface area (Å²) in [4.78, 5) is 25.5. The second-order valence-corrected chi connectivity index (χ2v) is 8.53. The Hall–Kier alpha value is -1.59. The minimum absolute atomic E-state index is 0.108. The monoisotopic (exact) mass is 431 g/mol. The summed E-state index contributed by atoms with van der Waals surface area (Å²) < 4.78 is 0.965. The molecule has 0 radical (unpaired) electrons. The van der Waals surface area contributed by atoms with E-state index in [9.17, 15) is 9.59 Å². The number of benzene rings is 2. The smallest absolute Gasteiger partial charge is 0.227 e. The Morgan fingerprint density at radius 2 is 1.62 bits per heavy atom. The lowest BCUT2D eigenvalue weighted by Crippen LogP contribution is -2.24. The lowest BCUT2D eigenvalue weighted by Gasteiger charge is -2.20. The van der Waals surface area contributed by atoms with E-state index in [0.29, 0.717) is 5.75 Å². The van der Waals surface area contributed by atoms with Crippen LogP contribution in [0.4, 0.5) is 5.69 Å². The molecule has 5 heteroatoms. The Kier molecular flexibility index (Phi) is 6.92. The van der Waals surface area contributed by atoms with E-state index in [2.05, 4.69) is 21.2 Å². The van der Waals surface area contributed by atoms with E-state index in [1.165, 1.54) is 18.2 Å². The SMILES string of the molecule is O=C(CSc1ccc(NC(=O)C2CCCCC2)cc1)c1ccc(Br)cc1. The molecule has 1 fully saturated rings. The minimum Gasteiger partial charge on any atom is -0.326 e. The molecular weight excluding hydrogens is 410 g/mol. The molecule has 1 amide bonds. The fourth-order valence-electron chi connectivity index (χ4n) is 3.11. The second-order valence-electron chi connectivity index (χ2n) is 6.57. The minimum atomic E-state index is 0.108. The Bertz CT molecular complexity index is 753. The van der Waals surface area contributed by atoms with Gasteiger partial charge in [0.25, 0.3) is 0 Å². The lowest BCUT2D eigenvalue weighted by molar-refractivity contribution is -0.120. The molecule has 1 aliphatic carbocycles. The Balaban J connectivity index is 1.50. The van der Waals surface area contributed by atoms with E-state index in [1.807, 2.05) is 48.5 Å². The number of anilines is 1. The highest BCUT2D eigenvalue weighted by Gasteiger charge is 2.20. The quantitative estimate of drug-likeness (QED) is 0.454. The van der Waals surface area contributed by atoms with Crippen molar-refractivity contribution < 1.29 is 9.59 Å². The molecule has 3 rings (SSSR count). The molecule has 1 saturated carbocycles. The van der Waals surface area contributed by atoms with Gasteiger partial charge in [-0.25, -0.2) is 0 Å². The van der Waals surface area contributed by atoms with Crippen LogP contribution in [0.2, 0.25) is 0 Å². The fraction of sp³-hybridized carbons (Fsp3) is 0.333. The number of thioether (sulfide) groups is 1. The highest BCUT2D eigenvalue weighted by atomic mass is 79.9. The summed E-state index contributed by atoms with van der Waals surface area (Å²) in [6.07, 6.45) is 5.55. The molecule has 0 atom stereocenters. The Morgan fingerprint density at radius 1 is 0.962 bits per heavy atom. The Morgan fingerprint density at radius 3 is 2.27 bits per heavy atom. The van der Waals surface area contributed by atoms with Crippen molar-refractivity contribution >= 4 is 45.1 Å². The third-order valence-electron chi connectivity index (χ3n) is 4.63. The molecule has 0 saturated heterocycles. The topological polar surface area (TPSA) is 46.2 Å². The molecule has 0 aliphatic heterocycles. The number of carbonyl (C=O) groups excluding carboxylic acids is 2. The molecule has 0 unspecified atom stereocenters. The largest absolute Gasteiger partial charge is 0.326 e. The molecule has 0 aromatic heterocycles. The first-order valence-corrected chi connectivity index (χ1v) is 10.7. The Labute approximate surface area is 167 Å². The number of carbonyl (C=O) groups is 2. The summed E-state index contributed by atoms with van der Waals surface area (Å²) in [5.41, 5.74) is 1.54. The molecule has 2 aromatic rings. The van der Waals surface area contributed by atoms with Crippen LogP contribution in [-0.4, -0.2) is 17.4 Å². The standard InChI is InChI=1S/C21H22BrNO2S/c22-17-8-6-15(7-9-17)20(24)14-26-19-12-10-18(11-13-19)23-21(25)16-4-2-1-3-5-16/h6-13,16H,1-5,14H2,(H,23,25). The summed E-state index contributed by atoms with van der Waals surface area (Å²) in [6.45, 7) is 0. The van der Waals surface area contributed by atoms with Gasteiger partial charge in [-0.05, 0) is 49.2 Å². The molecule has 1 N–H and O–H groups in total. The van der Waals surface area contributed by atoms with Crippen molar-refractivity contribution in [2.75, 3.05) is 11.1 Å². The molecule has 0 spiro atoms. The number of hydrogen-bond donors (Lipinski definition) is 1. The van der Waals surface area contributed by atoms with Crippen LogP contribution in [0.25, 0.3) is 0 Å². The van der Waals surface area contributed by atoms with E-state index < -0.39 is 0 Å². The second kappa shape index (κ2) is 9.38. The van der Waals surface area contributed by atoms with Crippen molar-refractivity contribution in [3.8, 4) is 0 Å². The third-order valence-corrected chi connectivity index (χ3v) is 6.17. The van der Waals surface area contributed by atoms with Crippen LogP contribution in [-0.2, 0) is 4.79 Å². The van der Waals surface area contributed by atoms with Gasteiger partial charge in [0.1, 0.15) is 0 Å². The van der Waals surface area contributed by atoms with Gasteiger partial charge in [0.05, 0.1) is 5.75 Å². The van der Waals surface area contributed by atoms with E-state index in [0.717, 1.165) is 46.3 Å². The van der Waals surface area contributed by atoms with Crippen LogP contribution in [0.3, 0.4) is 0 Å². The number of Topliss-reactive ketones (excluding diaryl/α,β-unsaturated/α-hetero) is 1. The first-order valence-electron chi connectivity index (χ1n) is 8.94. The van der Waals surface area contributed by atoms with Crippen molar-refractivity contribution in [2.24, 2.45) is 5.92 Å². The summed E-state index contributed by atoms with van der Waals surface area (Å²) in [7, 11) is 0. The summed E-state index contributed by atoms with van der Waals surface area (Å²) >= 11 is 4.88. The molecule has 2 aromatic carbocycles. The van der Waals surface area contributed by atoms with E-state index >= 15 is 0 Å². The lowest BCUT2D eigenvalue weighted by atomic mass is 9.88. The maximum absolute atomic E-state index is 12.3. The molecular formula is C21H22BrNO2S. The van der Waals surface area contributed by atoms with Gasteiger partial charge in [-0.2, -0.15) is 0 Å². The predicted molar refractivity (Wildman–Crippen MR) is 111 cm³/mol. The highest BCUT2D eigenvalue weighted by Crippen LogP contribution is 2.26. The van der Waals surface area contributed by atoms with Crippen LogP contribution in [0.5, 0.6) is 0 Å². The van der Waals surface area contributed by atoms with Crippen molar-refractivity contribution in [3.05, 3.63) is 58.6 Å². The number of ketones is 1. The molecule has 3 nitrogen and oxygen atoms in total. The van der Waals surface area contributed by atoms with Crippen LogP contribution in [0.1, 0.15) is 42.5 Å². The van der Waals surface area contributed by atoms with E-state index in [1.54, 1.807) is 0 Å². The van der Waals surface area contributed by atoms with Gasteiger partial charge in [0.15, 0.2) is 5.78 Å². The number of rotatable bonds is 6. The van der Waals surface area contributed by atoms with Gasteiger partial charge in [-0.15, -0.1) is 11.8 Å². The van der Waals surface area contributed by atoms with Crippen molar-refractivity contribution in [1.82, 2.24) is 0 Å². The van der Waals surface area contributed by atoms with Crippen LogP contribution >= 0.6 is 27.7 Å². The molecule has 1 aliphatic rings. The zero-order chi connectivity index (χ0) is 18.4. The molecule has 136 valence electrons. The van der Waals surface area contributed by atoms with Gasteiger partial charge >= 0.3 is 0 Å². The van der Waals surface area contributed by atoms with Crippen molar-refractivity contribution in [2.45, 2.75) is 37.0 Å². The molecule has 0 heterocycles. The van der Waals surface area contributed by atoms with Crippen molar-refractivity contribution in [3.63, 3.8) is 0 Å². The summed E-state index contributed by atoms with van der Waals surface area (Å²) in [5, 5.41) is 3.02. The van der Waals surface area contributed by atoms with E-state index in [4.69, 9.17) is 0 Å². The predicted octanol–water partition coefficient (Wildman–Crippen LogP) is 5.94.